The minimum absolute atomic E-state index is 0. The number of nitrogens with two attached hydrogens (primary N) is 1. The maximum absolute atomic E-state index is 11.4. The van der Waals surface area contributed by atoms with E-state index in [9.17, 15) is 4.79 Å². The maximum Gasteiger partial charge on any atom is 0.230 e. The van der Waals surface area contributed by atoms with Crippen molar-refractivity contribution >= 4 is 41.7 Å². The van der Waals surface area contributed by atoms with Crippen LogP contribution in [0.5, 0.6) is 0 Å². The van der Waals surface area contributed by atoms with Gasteiger partial charge in [-0.25, -0.2) is 0 Å². The van der Waals surface area contributed by atoms with Crippen LogP contribution in [0.4, 0.5) is 0 Å². The van der Waals surface area contributed by atoms with E-state index in [4.69, 9.17) is 17.3 Å². The standard InChI is InChI=1S/C12H17ClN2OS.ClH/c13-11-4-2-10(3-5-11)8-17-9-12(16)15-7-1-6-14;/h2-5H,1,6-9,14H2,(H,15,16);1H. The average molecular weight is 309 g/mol. The quantitative estimate of drug-likeness (QED) is 0.761. The average Bonchev–Trinajstić information content (AvgIpc) is 2.32. The van der Waals surface area contributed by atoms with Gasteiger partial charge in [0.05, 0.1) is 5.75 Å². The number of amides is 1. The van der Waals surface area contributed by atoms with E-state index < -0.39 is 0 Å². The molecule has 0 radical (unpaired) electrons. The Bertz CT molecular complexity index is 346. The summed E-state index contributed by atoms with van der Waals surface area (Å²) >= 11 is 7.38. The van der Waals surface area contributed by atoms with Crippen molar-refractivity contribution in [2.75, 3.05) is 18.8 Å². The van der Waals surface area contributed by atoms with E-state index in [-0.39, 0.29) is 18.3 Å². The molecule has 1 aromatic rings. The molecule has 6 heteroatoms. The maximum atomic E-state index is 11.4. The van der Waals surface area contributed by atoms with Crippen LogP contribution in [0.2, 0.25) is 5.02 Å². The number of hydrogen-bond acceptors (Lipinski definition) is 3. The smallest absolute Gasteiger partial charge is 0.230 e. The molecule has 0 heterocycles. The first-order chi connectivity index (χ1) is 8.22. The Morgan fingerprint density at radius 1 is 1.33 bits per heavy atom. The highest BCUT2D eigenvalue weighted by atomic mass is 35.5. The van der Waals surface area contributed by atoms with Gasteiger partial charge in [-0.05, 0) is 30.7 Å². The summed E-state index contributed by atoms with van der Waals surface area (Å²) < 4.78 is 0. The van der Waals surface area contributed by atoms with E-state index >= 15 is 0 Å². The molecule has 0 aliphatic carbocycles. The molecule has 3 N–H and O–H groups in total. The lowest BCUT2D eigenvalue weighted by atomic mass is 10.2. The van der Waals surface area contributed by atoms with Crippen molar-refractivity contribution in [3.05, 3.63) is 34.9 Å². The van der Waals surface area contributed by atoms with Gasteiger partial charge in [0.25, 0.3) is 0 Å². The number of thioether (sulfide) groups is 1. The van der Waals surface area contributed by atoms with Gasteiger partial charge < -0.3 is 11.1 Å². The van der Waals surface area contributed by atoms with Crippen molar-refractivity contribution in [3.63, 3.8) is 0 Å². The van der Waals surface area contributed by atoms with E-state index in [2.05, 4.69) is 5.32 Å². The van der Waals surface area contributed by atoms with E-state index in [0.717, 1.165) is 17.2 Å². The lowest BCUT2D eigenvalue weighted by Crippen LogP contribution is -2.27. The van der Waals surface area contributed by atoms with Crippen LogP contribution in [0.25, 0.3) is 0 Å². The molecule has 18 heavy (non-hydrogen) atoms. The Labute approximate surface area is 123 Å². The van der Waals surface area contributed by atoms with Crippen molar-refractivity contribution in [2.24, 2.45) is 5.73 Å². The van der Waals surface area contributed by atoms with Gasteiger partial charge in [0.2, 0.25) is 5.91 Å². The Balaban J connectivity index is 0.00000289. The fourth-order valence-corrected chi connectivity index (χ4v) is 2.17. The van der Waals surface area contributed by atoms with E-state index in [1.165, 1.54) is 5.56 Å². The molecule has 0 saturated carbocycles. The molecular formula is C12H18Cl2N2OS. The zero-order chi connectivity index (χ0) is 12.5. The van der Waals surface area contributed by atoms with E-state index in [1.54, 1.807) is 11.8 Å². The fourth-order valence-electron chi connectivity index (χ4n) is 1.22. The number of carbonyl (C=O) groups excluding carboxylic acids is 1. The number of carbonyl (C=O) groups is 1. The lowest BCUT2D eigenvalue weighted by molar-refractivity contribution is -0.118. The topological polar surface area (TPSA) is 55.1 Å². The van der Waals surface area contributed by atoms with Gasteiger partial charge in [-0.1, -0.05) is 23.7 Å². The van der Waals surface area contributed by atoms with Gasteiger partial charge in [-0.3, -0.25) is 4.79 Å². The summed E-state index contributed by atoms with van der Waals surface area (Å²) in [6, 6.07) is 7.67. The molecule has 1 amide bonds. The molecule has 0 atom stereocenters. The van der Waals surface area contributed by atoms with Gasteiger partial charge in [0, 0.05) is 17.3 Å². The summed E-state index contributed by atoms with van der Waals surface area (Å²) in [6.45, 7) is 1.27. The molecule has 0 aliphatic heterocycles. The van der Waals surface area contributed by atoms with Crippen molar-refractivity contribution < 1.29 is 4.79 Å². The summed E-state index contributed by atoms with van der Waals surface area (Å²) in [7, 11) is 0. The van der Waals surface area contributed by atoms with Crippen molar-refractivity contribution in [3.8, 4) is 0 Å². The molecular weight excluding hydrogens is 291 g/mol. The Morgan fingerprint density at radius 2 is 2.00 bits per heavy atom. The molecule has 0 spiro atoms. The van der Waals surface area contributed by atoms with Crippen LogP contribution in [0, 0.1) is 0 Å². The molecule has 1 rings (SSSR count). The highest BCUT2D eigenvalue weighted by Gasteiger charge is 2.01. The predicted octanol–water partition coefficient (Wildman–Crippen LogP) is 2.46. The van der Waals surface area contributed by atoms with Gasteiger partial charge in [-0.2, -0.15) is 0 Å². The molecule has 0 aromatic heterocycles. The van der Waals surface area contributed by atoms with E-state index in [1.807, 2.05) is 24.3 Å². The predicted molar refractivity (Wildman–Crippen MR) is 81.5 cm³/mol. The first-order valence-corrected chi connectivity index (χ1v) is 7.04. The molecule has 0 aliphatic rings. The summed E-state index contributed by atoms with van der Waals surface area (Å²) in [5, 5.41) is 3.55. The first-order valence-electron chi connectivity index (χ1n) is 5.51. The van der Waals surface area contributed by atoms with Crippen molar-refractivity contribution in [1.29, 1.82) is 0 Å². The van der Waals surface area contributed by atoms with Gasteiger partial charge in [0.15, 0.2) is 0 Å². The second-order valence-electron chi connectivity index (χ2n) is 3.61. The third kappa shape index (κ3) is 7.82. The van der Waals surface area contributed by atoms with Crippen LogP contribution in [0.1, 0.15) is 12.0 Å². The monoisotopic (exact) mass is 308 g/mol. The van der Waals surface area contributed by atoms with E-state index in [0.29, 0.717) is 18.8 Å². The highest BCUT2D eigenvalue weighted by molar-refractivity contribution is 7.99. The fraction of sp³-hybridized carbons (Fsp3) is 0.417. The second kappa shape index (κ2) is 10.5. The van der Waals surface area contributed by atoms with Crippen LogP contribution in [-0.2, 0) is 10.5 Å². The molecule has 0 fully saturated rings. The molecule has 1 aromatic carbocycles. The third-order valence-electron chi connectivity index (χ3n) is 2.12. The lowest BCUT2D eigenvalue weighted by Gasteiger charge is -2.04. The summed E-state index contributed by atoms with van der Waals surface area (Å²) in [6.07, 6.45) is 0.827. The van der Waals surface area contributed by atoms with Crippen LogP contribution in [0.3, 0.4) is 0 Å². The Kier molecular flexibility index (Phi) is 10.3. The summed E-state index contributed by atoms with van der Waals surface area (Å²) in [5.41, 5.74) is 6.51. The summed E-state index contributed by atoms with van der Waals surface area (Å²) in [5.74, 6) is 1.37. The highest BCUT2D eigenvalue weighted by Crippen LogP contribution is 2.15. The molecule has 3 nitrogen and oxygen atoms in total. The third-order valence-corrected chi connectivity index (χ3v) is 3.37. The number of benzene rings is 1. The number of nitrogens with one attached hydrogen (secondary N) is 1. The number of halogens is 2. The Hall–Kier alpha value is -0.420. The molecule has 0 saturated heterocycles. The molecule has 102 valence electrons. The van der Waals surface area contributed by atoms with Crippen LogP contribution < -0.4 is 11.1 Å². The van der Waals surface area contributed by atoms with Crippen molar-refractivity contribution in [1.82, 2.24) is 5.32 Å². The number of rotatable bonds is 7. The van der Waals surface area contributed by atoms with Crippen LogP contribution >= 0.6 is 35.8 Å². The first kappa shape index (κ1) is 17.6. The largest absolute Gasteiger partial charge is 0.355 e. The van der Waals surface area contributed by atoms with Crippen LogP contribution in [-0.4, -0.2) is 24.7 Å². The van der Waals surface area contributed by atoms with Gasteiger partial charge in [0.1, 0.15) is 0 Å². The van der Waals surface area contributed by atoms with Gasteiger partial charge in [-0.15, -0.1) is 24.2 Å². The van der Waals surface area contributed by atoms with Crippen molar-refractivity contribution in [2.45, 2.75) is 12.2 Å². The van der Waals surface area contributed by atoms with Gasteiger partial charge >= 0.3 is 0 Å². The Morgan fingerprint density at radius 3 is 2.61 bits per heavy atom. The minimum atomic E-state index is 0. The number of hydrogen-bond donors (Lipinski definition) is 2. The zero-order valence-electron chi connectivity index (χ0n) is 10.0. The minimum Gasteiger partial charge on any atom is -0.355 e. The SMILES string of the molecule is Cl.NCCCNC(=O)CSCc1ccc(Cl)cc1. The van der Waals surface area contributed by atoms with Crippen LogP contribution in [0.15, 0.2) is 24.3 Å². The molecule has 0 unspecified atom stereocenters. The zero-order valence-corrected chi connectivity index (χ0v) is 12.4. The normalized spacial score (nSPS) is 9.67. The second-order valence-corrected chi connectivity index (χ2v) is 5.03. The molecule has 0 bridgehead atoms. The summed E-state index contributed by atoms with van der Waals surface area (Å²) in [4.78, 5) is 11.4.